The first kappa shape index (κ1) is 15.2. The van der Waals surface area contributed by atoms with Gasteiger partial charge in [0.25, 0.3) is 0 Å². The average molecular weight is 290 g/mol. The molecule has 20 heavy (non-hydrogen) atoms. The van der Waals surface area contributed by atoms with Crippen molar-refractivity contribution in [1.82, 2.24) is 10.3 Å². The van der Waals surface area contributed by atoms with Gasteiger partial charge in [0.1, 0.15) is 0 Å². The summed E-state index contributed by atoms with van der Waals surface area (Å²) in [5.41, 5.74) is 2.06. The highest BCUT2D eigenvalue weighted by Gasteiger charge is 2.00. The number of rotatable bonds is 8. The summed E-state index contributed by atoms with van der Waals surface area (Å²) in [6.07, 6.45) is 0. The van der Waals surface area contributed by atoms with E-state index < -0.39 is 0 Å². The zero-order valence-electron chi connectivity index (χ0n) is 12.1. The van der Waals surface area contributed by atoms with E-state index in [4.69, 9.17) is 4.74 Å². The van der Waals surface area contributed by atoms with Crippen molar-refractivity contribution in [1.29, 1.82) is 0 Å². The monoisotopic (exact) mass is 290 g/mol. The Morgan fingerprint density at radius 1 is 1.15 bits per heavy atom. The number of hydrogen-bond donors (Lipinski definition) is 1. The fourth-order valence-corrected chi connectivity index (χ4v) is 2.49. The Bertz CT molecular complexity index is 497. The lowest BCUT2D eigenvalue weighted by atomic mass is 10.2. The minimum absolute atomic E-state index is 0.565. The van der Waals surface area contributed by atoms with Crippen molar-refractivity contribution in [2.45, 2.75) is 33.6 Å². The number of thiophene rings is 1. The lowest BCUT2D eigenvalue weighted by molar-refractivity contribution is 0.106. The standard InChI is InChI=1S/C16H22N2OS/c1-13(2)9-17-10-14-5-3-6-15(18-14)11-19-12-16-7-4-8-20-16/h3-8,13,17H,9-12H2,1-2H3. The first-order valence-electron chi connectivity index (χ1n) is 6.99. The summed E-state index contributed by atoms with van der Waals surface area (Å²) in [6.45, 7) is 7.47. The molecule has 2 aromatic heterocycles. The molecule has 0 aliphatic carbocycles. The summed E-state index contributed by atoms with van der Waals surface area (Å²) in [5, 5.41) is 5.47. The minimum atomic E-state index is 0.565. The van der Waals surface area contributed by atoms with Gasteiger partial charge in [-0.3, -0.25) is 4.98 Å². The van der Waals surface area contributed by atoms with Gasteiger partial charge in [-0.05, 0) is 36.0 Å². The van der Waals surface area contributed by atoms with Crippen molar-refractivity contribution in [3.63, 3.8) is 0 Å². The van der Waals surface area contributed by atoms with E-state index in [1.54, 1.807) is 11.3 Å². The van der Waals surface area contributed by atoms with Gasteiger partial charge < -0.3 is 10.1 Å². The van der Waals surface area contributed by atoms with E-state index in [1.807, 2.05) is 18.2 Å². The Morgan fingerprint density at radius 3 is 2.75 bits per heavy atom. The van der Waals surface area contributed by atoms with Gasteiger partial charge in [-0.15, -0.1) is 11.3 Å². The number of nitrogens with one attached hydrogen (secondary N) is 1. The number of pyridine rings is 1. The second-order valence-corrected chi connectivity index (χ2v) is 6.25. The van der Waals surface area contributed by atoms with E-state index in [9.17, 15) is 0 Å². The Labute approximate surface area is 125 Å². The van der Waals surface area contributed by atoms with Gasteiger partial charge in [0, 0.05) is 11.4 Å². The van der Waals surface area contributed by atoms with Crippen LogP contribution in [-0.2, 0) is 24.5 Å². The predicted molar refractivity (Wildman–Crippen MR) is 83.6 cm³/mol. The molecule has 0 aliphatic heterocycles. The molecule has 0 saturated carbocycles. The van der Waals surface area contributed by atoms with Gasteiger partial charge in [-0.1, -0.05) is 26.0 Å². The number of aromatic nitrogens is 1. The van der Waals surface area contributed by atoms with Gasteiger partial charge in [0.05, 0.1) is 24.6 Å². The summed E-state index contributed by atoms with van der Waals surface area (Å²) in [7, 11) is 0. The van der Waals surface area contributed by atoms with Crippen LogP contribution in [0.1, 0.15) is 30.1 Å². The van der Waals surface area contributed by atoms with E-state index >= 15 is 0 Å². The maximum Gasteiger partial charge on any atom is 0.0892 e. The molecule has 0 unspecified atom stereocenters. The lowest BCUT2D eigenvalue weighted by Gasteiger charge is -2.08. The SMILES string of the molecule is CC(C)CNCc1cccc(COCc2cccs2)n1. The van der Waals surface area contributed by atoms with Crippen molar-refractivity contribution in [2.75, 3.05) is 6.54 Å². The van der Waals surface area contributed by atoms with Gasteiger partial charge in [-0.2, -0.15) is 0 Å². The Morgan fingerprint density at radius 2 is 2.00 bits per heavy atom. The number of nitrogens with zero attached hydrogens (tertiary/aromatic N) is 1. The normalized spacial score (nSPS) is 11.2. The van der Waals surface area contributed by atoms with Gasteiger partial charge in [0.15, 0.2) is 0 Å². The van der Waals surface area contributed by atoms with Crippen LogP contribution in [-0.4, -0.2) is 11.5 Å². The van der Waals surface area contributed by atoms with Gasteiger partial charge in [-0.25, -0.2) is 0 Å². The highest BCUT2D eigenvalue weighted by Crippen LogP contribution is 2.11. The highest BCUT2D eigenvalue weighted by molar-refractivity contribution is 7.09. The molecule has 0 radical (unpaired) electrons. The van der Waals surface area contributed by atoms with E-state index in [0.717, 1.165) is 24.5 Å². The molecule has 3 nitrogen and oxygen atoms in total. The van der Waals surface area contributed by atoms with Crippen LogP contribution in [0.3, 0.4) is 0 Å². The minimum Gasteiger partial charge on any atom is -0.370 e. The van der Waals surface area contributed by atoms with E-state index in [0.29, 0.717) is 19.1 Å². The van der Waals surface area contributed by atoms with Gasteiger partial charge in [0.2, 0.25) is 0 Å². The molecule has 0 fully saturated rings. The molecule has 0 aromatic carbocycles. The summed E-state index contributed by atoms with van der Waals surface area (Å²) in [4.78, 5) is 5.85. The molecule has 2 aromatic rings. The maximum absolute atomic E-state index is 5.69. The first-order valence-corrected chi connectivity index (χ1v) is 7.87. The number of ether oxygens (including phenoxy) is 1. The Kier molecular flexibility index (Phi) is 6.18. The zero-order chi connectivity index (χ0) is 14.2. The van der Waals surface area contributed by atoms with Crippen molar-refractivity contribution in [3.05, 3.63) is 52.0 Å². The van der Waals surface area contributed by atoms with E-state index in [-0.39, 0.29) is 0 Å². The van der Waals surface area contributed by atoms with Crippen LogP contribution in [0, 0.1) is 5.92 Å². The molecular formula is C16H22N2OS. The fourth-order valence-electron chi connectivity index (χ4n) is 1.85. The summed E-state index contributed by atoms with van der Waals surface area (Å²) >= 11 is 1.72. The third kappa shape index (κ3) is 5.41. The van der Waals surface area contributed by atoms with E-state index in [1.165, 1.54) is 4.88 Å². The van der Waals surface area contributed by atoms with Crippen LogP contribution in [0.4, 0.5) is 0 Å². The highest BCUT2D eigenvalue weighted by atomic mass is 32.1. The van der Waals surface area contributed by atoms with Crippen molar-refractivity contribution < 1.29 is 4.74 Å². The molecular weight excluding hydrogens is 268 g/mol. The van der Waals surface area contributed by atoms with Crippen molar-refractivity contribution >= 4 is 11.3 Å². The first-order chi connectivity index (χ1) is 9.74. The van der Waals surface area contributed by atoms with Crippen LogP contribution in [0.5, 0.6) is 0 Å². The second kappa shape index (κ2) is 8.15. The molecule has 1 N–H and O–H groups in total. The molecule has 0 saturated heterocycles. The largest absolute Gasteiger partial charge is 0.370 e. The fraction of sp³-hybridized carbons (Fsp3) is 0.438. The molecule has 0 amide bonds. The van der Waals surface area contributed by atoms with Crippen molar-refractivity contribution in [3.8, 4) is 0 Å². The third-order valence-corrected chi connectivity index (χ3v) is 3.65. The molecule has 0 aliphatic rings. The quantitative estimate of drug-likeness (QED) is 0.806. The van der Waals surface area contributed by atoms with E-state index in [2.05, 4.69) is 41.7 Å². The molecule has 0 bridgehead atoms. The lowest BCUT2D eigenvalue weighted by Crippen LogP contribution is -2.19. The van der Waals surface area contributed by atoms with Crippen LogP contribution < -0.4 is 5.32 Å². The molecule has 108 valence electrons. The molecule has 2 rings (SSSR count). The second-order valence-electron chi connectivity index (χ2n) is 5.22. The maximum atomic E-state index is 5.69. The van der Waals surface area contributed by atoms with Crippen LogP contribution in [0.25, 0.3) is 0 Å². The topological polar surface area (TPSA) is 34.1 Å². The van der Waals surface area contributed by atoms with Crippen molar-refractivity contribution in [2.24, 2.45) is 5.92 Å². The zero-order valence-corrected chi connectivity index (χ0v) is 13.0. The number of hydrogen-bond acceptors (Lipinski definition) is 4. The van der Waals surface area contributed by atoms with Crippen LogP contribution >= 0.6 is 11.3 Å². The average Bonchev–Trinajstić information content (AvgIpc) is 2.92. The smallest absolute Gasteiger partial charge is 0.0892 e. The summed E-state index contributed by atoms with van der Waals surface area (Å²) in [6, 6.07) is 10.2. The predicted octanol–water partition coefficient (Wildman–Crippen LogP) is 3.61. The van der Waals surface area contributed by atoms with Crippen LogP contribution in [0.15, 0.2) is 35.7 Å². The molecule has 4 heteroatoms. The van der Waals surface area contributed by atoms with Crippen LogP contribution in [0.2, 0.25) is 0 Å². The molecule has 2 heterocycles. The molecule has 0 spiro atoms. The summed E-state index contributed by atoms with van der Waals surface area (Å²) < 4.78 is 5.69. The Balaban J connectivity index is 1.77. The summed E-state index contributed by atoms with van der Waals surface area (Å²) in [5.74, 6) is 0.660. The molecule has 0 atom stereocenters. The van der Waals surface area contributed by atoms with Gasteiger partial charge >= 0.3 is 0 Å². The third-order valence-electron chi connectivity index (χ3n) is 2.80. The Hall–Kier alpha value is -1.23.